The number of thiazole rings is 1. The van der Waals surface area contributed by atoms with Gasteiger partial charge in [-0.1, -0.05) is 0 Å². The predicted molar refractivity (Wildman–Crippen MR) is 91.7 cm³/mol. The van der Waals surface area contributed by atoms with Crippen LogP contribution in [0, 0.1) is 0 Å². The van der Waals surface area contributed by atoms with Crippen molar-refractivity contribution in [1.82, 2.24) is 10.3 Å². The molecule has 0 unspecified atom stereocenters. The third kappa shape index (κ3) is 5.97. The summed E-state index contributed by atoms with van der Waals surface area (Å²) >= 11 is 0.699. The van der Waals surface area contributed by atoms with Crippen molar-refractivity contribution in [1.29, 1.82) is 0 Å². The van der Waals surface area contributed by atoms with Gasteiger partial charge in [0.25, 0.3) is 0 Å². The van der Waals surface area contributed by atoms with Gasteiger partial charge in [-0.2, -0.15) is 13.2 Å². The topological polar surface area (TPSA) is 116 Å². The molecular formula is C15H20F3N3O6S. The first-order valence-electron chi connectivity index (χ1n) is 8.16. The van der Waals surface area contributed by atoms with Crippen LogP contribution in [-0.4, -0.2) is 54.7 Å². The molecule has 0 bridgehead atoms. The van der Waals surface area contributed by atoms with E-state index in [0.717, 1.165) is 0 Å². The number of rotatable bonds is 9. The molecule has 0 aliphatic heterocycles. The van der Waals surface area contributed by atoms with Gasteiger partial charge in [-0.25, -0.2) is 14.6 Å². The quantitative estimate of drug-likeness (QED) is 0.350. The number of aromatic nitrogens is 1. The molecule has 0 fully saturated rings. The molecule has 1 rings (SSSR count). The Morgan fingerprint density at radius 3 is 2.21 bits per heavy atom. The molecule has 1 aromatic heterocycles. The molecule has 1 heterocycles. The highest BCUT2D eigenvalue weighted by molar-refractivity contribution is 7.13. The largest absolute Gasteiger partial charge is 0.466 e. The van der Waals surface area contributed by atoms with E-state index >= 15 is 0 Å². The van der Waals surface area contributed by atoms with Crippen molar-refractivity contribution in [2.45, 2.75) is 39.0 Å². The van der Waals surface area contributed by atoms with Crippen LogP contribution < -0.4 is 10.6 Å². The van der Waals surface area contributed by atoms with Crippen molar-refractivity contribution in [3.05, 3.63) is 11.1 Å². The second-order valence-corrected chi connectivity index (χ2v) is 5.92. The van der Waals surface area contributed by atoms with E-state index in [4.69, 9.17) is 4.74 Å². The minimum Gasteiger partial charge on any atom is -0.466 e. The number of carbonyl (C=O) groups excluding carboxylic acids is 3. The van der Waals surface area contributed by atoms with Gasteiger partial charge in [-0.3, -0.25) is 10.1 Å². The van der Waals surface area contributed by atoms with Gasteiger partial charge in [0.1, 0.15) is 0 Å². The van der Waals surface area contributed by atoms with Crippen molar-refractivity contribution in [2.24, 2.45) is 0 Å². The zero-order chi connectivity index (χ0) is 21.4. The van der Waals surface area contributed by atoms with Crippen LogP contribution in [-0.2, 0) is 30.2 Å². The van der Waals surface area contributed by atoms with Gasteiger partial charge in [0.15, 0.2) is 5.13 Å². The van der Waals surface area contributed by atoms with Gasteiger partial charge in [-0.05, 0) is 20.8 Å². The lowest BCUT2D eigenvalue weighted by molar-refractivity contribution is -0.205. The Bertz CT molecular complexity index is 697. The van der Waals surface area contributed by atoms with E-state index in [1.165, 1.54) is 24.5 Å². The fourth-order valence-corrected chi connectivity index (χ4v) is 2.68. The lowest BCUT2D eigenvalue weighted by atomic mass is 10.1. The Kier molecular flexibility index (Phi) is 8.47. The summed E-state index contributed by atoms with van der Waals surface area (Å²) in [5, 5.41) is 4.30. The molecule has 1 amide bonds. The maximum Gasteiger partial charge on any atom is 0.442 e. The lowest BCUT2D eigenvalue weighted by Crippen LogP contribution is -2.69. The number of nitrogens with zero attached hydrogens (tertiary/aromatic N) is 1. The fourth-order valence-electron chi connectivity index (χ4n) is 1.92. The lowest BCUT2D eigenvalue weighted by Gasteiger charge is -2.33. The Labute approximate surface area is 162 Å². The molecule has 0 radical (unpaired) electrons. The summed E-state index contributed by atoms with van der Waals surface area (Å²) in [5.41, 5.74) is -3.50. The zero-order valence-electron chi connectivity index (χ0n) is 15.3. The van der Waals surface area contributed by atoms with Crippen LogP contribution in [0.25, 0.3) is 0 Å². The van der Waals surface area contributed by atoms with Gasteiger partial charge in [0.2, 0.25) is 0 Å². The van der Waals surface area contributed by atoms with Crippen molar-refractivity contribution < 1.29 is 41.8 Å². The molecule has 13 heteroatoms. The monoisotopic (exact) mass is 427 g/mol. The maximum absolute atomic E-state index is 13.8. The molecule has 0 aliphatic carbocycles. The minimum atomic E-state index is -5.31. The number of ether oxygens (including phenoxy) is 3. The van der Waals surface area contributed by atoms with Crippen LogP contribution in [0.3, 0.4) is 0 Å². The molecule has 0 aromatic carbocycles. The number of nitrogens with one attached hydrogen (secondary N) is 2. The predicted octanol–water partition coefficient (Wildman–Crippen LogP) is 2.23. The van der Waals surface area contributed by atoms with Gasteiger partial charge in [0, 0.05) is 5.38 Å². The number of carbonyl (C=O) groups is 3. The van der Waals surface area contributed by atoms with E-state index in [-0.39, 0.29) is 37.1 Å². The van der Waals surface area contributed by atoms with Gasteiger partial charge < -0.3 is 19.5 Å². The number of halogens is 3. The normalized spacial score (nSPS) is 13.2. The number of hydrogen-bond donors (Lipinski definition) is 2. The van der Waals surface area contributed by atoms with Gasteiger partial charge >= 0.3 is 29.9 Å². The summed E-state index contributed by atoms with van der Waals surface area (Å²) in [6.45, 7) is 3.85. The third-order valence-electron chi connectivity index (χ3n) is 3.05. The minimum absolute atomic E-state index is 0.127. The van der Waals surface area contributed by atoms with E-state index in [2.05, 4.69) is 14.5 Å². The first-order chi connectivity index (χ1) is 13.1. The summed E-state index contributed by atoms with van der Waals surface area (Å²) in [4.78, 5) is 39.1. The van der Waals surface area contributed by atoms with Crippen molar-refractivity contribution in [3.8, 4) is 0 Å². The van der Waals surface area contributed by atoms with Crippen LogP contribution in [0.5, 0.6) is 0 Å². The van der Waals surface area contributed by atoms with E-state index in [1.54, 1.807) is 6.92 Å². The van der Waals surface area contributed by atoms with Crippen LogP contribution in [0.15, 0.2) is 5.38 Å². The van der Waals surface area contributed by atoms with E-state index in [9.17, 15) is 27.6 Å². The van der Waals surface area contributed by atoms with E-state index in [0.29, 0.717) is 11.3 Å². The Morgan fingerprint density at radius 1 is 1.07 bits per heavy atom. The molecule has 0 saturated carbocycles. The molecule has 1 aromatic rings. The molecule has 28 heavy (non-hydrogen) atoms. The summed E-state index contributed by atoms with van der Waals surface area (Å²) in [6.07, 6.45) is -7.06. The number of hydrogen-bond acceptors (Lipinski definition) is 9. The molecular weight excluding hydrogens is 407 g/mol. The highest BCUT2D eigenvalue weighted by Gasteiger charge is 2.64. The highest BCUT2D eigenvalue weighted by Crippen LogP contribution is 2.34. The molecule has 0 saturated heterocycles. The van der Waals surface area contributed by atoms with Crippen LogP contribution >= 0.6 is 11.3 Å². The number of alkyl halides is 3. The third-order valence-corrected chi connectivity index (χ3v) is 3.86. The summed E-state index contributed by atoms with van der Waals surface area (Å²) in [6, 6.07) is 0. The number of esters is 2. The molecule has 2 N–H and O–H groups in total. The highest BCUT2D eigenvalue weighted by atomic mass is 32.1. The number of anilines is 1. The van der Waals surface area contributed by atoms with Crippen LogP contribution in [0.1, 0.15) is 26.5 Å². The first-order valence-corrected chi connectivity index (χ1v) is 9.04. The average molecular weight is 427 g/mol. The van der Waals surface area contributed by atoms with Crippen LogP contribution in [0.2, 0.25) is 0 Å². The molecule has 158 valence electrons. The molecule has 9 nitrogen and oxygen atoms in total. The van der Waals surface area contributed by atoms with E-state index in [1.807, 2.05) is 5.32 Å². The van der Waals surface area contributed by atoms with E-state index < -0.39 is 29.9 Å². The van der Waals surface area contributed by atoms with Crippen molar-refractivity contribution in [3.63, 3.8) is 0 Å². The summed E-state index contributed by atoms with van der Waals surface area (Å²) in [7, 11) is 0. The summed E-state index contributed by atoms with van der Waals surface area (Å²) in [5.74, 6) is -2.41. The van der Waals surface area contributed by atoms with Gasteiger partial charge in [-0.15, -0.1) is 11.3 Å². The zero-order valence-corrected chi connectivity index (χ0v) is 16.2. The Morgan fingerprint density at radius 2 is 1.68 bits per heavy atom. The smallest absolute Gasteiger partial charge is 0.442 e. The van der Waals surface area contributed by atoms with Crippen molar-refractivity contribution >= 4 is 34.5 Å². The SMILES string of the molecule is CCOC(=O)Cc1csc(N[C@@](NC(=O)OCC)(C(=O)OCC)C(F)(F)F)n1. The number of alkyl carbamates (subject to hydrolysis) is 1. The standard InChI is InChI=1S/C15H20F3N3O6S/c1-4-25-10(22)7-9-8-28-12(19-9)20-14(15(16,17)18,11(23)26-5-2)21-13(24)27-6-3/h8H,4-7H2,1-3H3,(H,19,20)(H,21,24)/t14-/m1/s1. The Balaban J connectivity index is 3.20. The second kappa shape index (κ2) is 10.1. The van der Waals surface area contributed by atoms with Crippen molar-refractivity contribution in [2.75, 3.05) is 25.1 Å². The Hall–Kier alpha value is -2.57. The molecule has 1 atom stereocenters. The second-order valence-electron chi connectivity index (χ2n) is 5.06. The van der Waals surface area contributed by atoms with Crippen LogP contribution in [0.4, 0.5) is 23.1 Å². The first kappa shape index (κ1) is 23.5. The summed E-state index contributed by atoms with van der Waals surface area (Å²) < 4.78 is 55.2. The number of amides is 1. The molecule has 0 aliphatic rings. The average Bonchev–Trinajstić information content (AvgIpc) is 3.00. The maximum atomic E-state index is 13.8. The fraction of sp³-hybridized carbons (Fsp3) is 0.600. The molecule has 0 spiro atoms. The van der Waals surface area contributed by atoms with Gasteiger partial charge in [0.05, 0.1) is 31.9 Å².